The van der Waals surface area contributed by atoms with E-state index in [2.05, 4.69) is 125 Å². The first-order chi connectivity index (χ1) is 63.9. The number of unbranched alkanes of at least 4 members (excludes halogenated alkanes) is 7. The van der Waals surface area contributed by atoms with Crippen molar-refractivity contribution in [1.29, 1.82) is 0 Å². The first-order valence-electron chi connectivity index (χ1n) is 50.8. The smallest absolute Gasteiger partial charge is 0.461 e. The van der Waals surface area contributed by atoms with Crippen LogP contribution in [0, 0.1) is 58.2 Å². The van der Waals surface area contributed by atoms with E-state index in [-0.39, 0.29) is 129 Å². The van der Waals surface area contributed by atoms with Crippen LogP contribution in [-0.4, -0.2) is 163 Å². The average molecular weight is 1850 g/mol. The molecule has 0 spiro atoms. The van der Waals surface area contributed by atoms with Crippen LogP contribution in [0.2, 0.25) is 11.6 Å². The Hall–Kier alpha value is -8.43. The fourth-order valence-electron chi connectivity index (χ4n) is 21.4. The first-order valence-corrected chi connectivity index (χ1v) is 50.8. The third-order valence-electron chi connectivity index (χ3n) is 30.5. The number of carboxylic acids is 1. The van der Waals surface area contributed by atoms with Crippen LogP contribution in [0.25, 0.3) is 22.3 Å². The van der Waals surface area contributed by atoms with Gasteiger partial charge < -0.3 is 66.9 Å². The van der Waals surface area contributed by atoms with Gasteiger partial charge in [0.15, 0.2) is 34.7 Å². The molecule has 25 nitrogen and oxygen atoms in total. The maximum absolute atomic E-state index is 14.1. The van der Waals surface area contributed by atoms with Crippen LogP contribution >= 0.6 is 0 Å². The quantitative estimate of drug-likeness (QED) is 0.00881. The van der Waals surface area contributed by atoms with E-state index in [9.17, 15) is 62.6 Å². The van der Waals surface area contributed by atoms with Gasteiger partial charge in [0, 0.05) is 86.2 Å². The second kappa shape index (κ2) is 51.8. The summed E-state index contributed by atoms with van der Waals surface area (Å²) in [6.07, 6.45) is 17.4. The number of carbonyl (C=O) groups is 12. The Balaban J connectivity index is 0.000000301. The van der Waals surface area contributed by atoms with E-state index in [1.54, 1.807) is 45.0 Å². The molecule has 27 heteroatoms. The number of esters is 1. The molecule has 2 heterocycles. The molecule has 2 saturated heterocycles. The monoisotopic (exact) mass is 1850 g/mol. The van der Waals surface area contributed by atoms with Crippen molar-refractivity contribution in [3.05, 3.63) is 119 Å². The number of nitrogens with one attached hydrogen (secondary N) is 4. The van der Waals surface area contributed by atoms with Crippen LogP contribution in [0.15, 0.2) is 97.1 Å². The lowest BCUT2D eigenvalue weighted by atomic mass is 9.43. The number of nitrogens with two attached hydrogens (primary N) is 3. The number of benzene rings is 4. The summed E-state index contributed by atoms with van der Waals surface area (Å²) in [4.78, 5) is 163. The lowest BCUT2D eigenvalue weighted by molar-refractivity contribution is -0.199. The highest BCUT2D eigenvalue weighted by Crippen LogP contribution is 2.67. The number of hydrogen-bond acceptors (Lipinski definition) is 20. The number of amides is 4. The molecule has 18 atom stereocenters. The summed E-state index contributed by atoms with van der Waals surface area (Å²) in [5.74, 6) is -7.02. The molecule has 736 valence electrons. The second-order valence-electron chi connectivity index (χ2n) is 41.4. The number of carbonyl (C=O) groups excluding carboxylic acids is 11. The Kier molecular flexibility index (Phi) is 42.2. The van der Waals surface area contributed by atoms with Gasteiger partial charge in [0.05, 0.1) is 54.2 Å². The molecule has 6 saturated carbocycles. The van der Waals surface area contributed by atoms with E-state index in [0.29, 0.717) is 125 Å². The van der Waals surface area contributed by atoms with Gasteiger partial charge in [-0.1, -0.05) is 212 Å². The zero-order valence-corrected chi connectivity index (χ0v) is 82.9. The van der Waals surface area contributed by atoms with Crippen LogP contribution in [0.1, 0.15) is 328 Å². The van der Waals surface area contributed by atoms with Gasteiger partial charge in [-0.25, -0.2) is 0 Å². The fourth-order valence-corrected chi connectivity index (χ4v) is 21.4. The Morgan fingerprint density at radius 3 is 1.07 bits per heavy atom. The van der Waals surface area contributed by atoms with Crippen LogP contribution in [0.4, 0.5) is 0 Å². The van der Waals surface area contributed by atoms with E-state index >= 15 is 0 Å². The number of aliphatic carboxylic acids is 1. The third-order valence-corrected chi connectivity index (χ3v) is 30.5. The predicted molar refractivity (Wildman–Crippen MR) is 525 cm³/mol. The molecule has 12 rings (SSSR count). The second-order valence-corrected chi connectivity index (χ2v) is 41.4. The van der Waals surface area contributed by atoms with Crippen LogP contribution in [0.3, 0.4) is 0 Å². The van der Waals surface area contributed by atoms with Crippen molar-refractivity contribution in [2.24, 2.45) is 75.4 Å². The molecule has 0 unspecified atom stereocenters. The van der Waals surface area contributed by atoms with E-state index in [4.69, 9.17) is 40.6 Å². The average Bonchev–Trinajstić information content (AvgIpc) is 1.45. The largest absolute Gasteiger partial charge is 0.481 e. The number of aryl methyl sites for hydroxylation is 2. The normalized spacial score (nSPS) is 22.6. The molecular weight excluding hydrogens is 1690 g/mol. The minimum absolute atomic E-state index is 0.0109. The zero-order valence-electron chi connectivity index (χ0n) is 82.9. The van der Waals surface area contributed by atoms with Gasteiger partial charge in [-0.2, -0.15) is 0 Å². The lowest BCUT2D eigenvalue weighted by Crippen LogP contribution is -2.65. The SMILES string of the molecule is CCCCC[C@H](CC(=O)c1ccc(-c2ccc(CCCC)cc2)cc1)C(=O)N[C@@H](CCC(=O)O)C(=O)C[C@@H](C)C(=O)N[C@@H](CCCCN)C(=O)C[C@@H](C)B1O[C@@H]2C[C@@H]3C[C@@H](C3(C)C)[C@]2(C)O1.CCCCc1ccc(-c2ccc(C(=O)C[C@@H](CCCCN)C(=O)N[C@@H](CCC(=O)OCC)C(=O)C[C@@H](C)C(=O)N[C@@H](CCCCN)C(=O)C[C@@H](C)B3O[C@@H]4C[C@@H]5C[C@@H](C5(C)C)[C@]4(C)O3)cc2)cc1. The summed E-state index contributed by atoms with van der Waals surface area (Å²) in [5, 5.41) is 21.1. The molecule has 4 aromatic rings. The van der Waals surface area contributed by atoms with Gasteiger partial charge in [-0.05, 0) is 242 Å². The summed E-state index contributed by atoms with van der Waals surface area (Å²) >= 11 is 0. The van der Waals surface area contributed by atoms with Crippen LogP contribution in [0.5, 0.6) is 0 Å². The van der Waals surface area contributed by atoms with Crippen molar-refractivity contribution in [3.8, 4) is 22.3 Å². The molecule has 134 heavy (non-hydrogen) atoms. The van der Waals surface area contributed by atoms with Crippen molar-refractivity contribution in [2.75, 3.05) is 26.2 Å². The molecule has 8 fully saturated rings. The third kappa shape index (κ3) is 29.6. The maximum Gasteiger partial charge on any atom is 0.461 e. The summed E-state index contributed by atoms with van der Waals surface area (Å²) in [7, 11) is -1.06. The van der Waals surface area contributed by atoms with Crippen molar-refractivity contribution < 1.29 is 86.0 Å². The van der Waals surface area contributed by atoms with Gasteiger partial charge >= 0.3 is 26.2 Å². The Bertz CT molecular complexity index is 4550. The minimum atomic E-state index is -1.18. The summed E-state index contributed by atoms with van der Waals surface area (Å²) in [5.41, 5.74) is 24.5. The molecule has 4 aromatic carbocycles. The molecular formula is C107H159B2N7O18. The fraction of sp³-hybridized carbons (Fsp3) is 0.664. The predicted octanol–water partition coefficient (Wildman–Crippen LogP) is 17.2. The van der Waals surface area contributed by atoms with Crippen LogP contribution in [-0.2, 0) is 84.1 Å². The first kappa shape index (κ1) is 109. The van der Waals surface area contributed by atoms with E-state index < -0.39 is 120 Å². The van der Waals surface area contributed by atoms with Gasteiger partial charge in [0.1, 0.15) is 0 Å². The molecule has 0 radical (unpaired) electrons. The number of hydrogen-bond donors (Lipinski definition) is 8. The molecule has 2 aliphatic heterocycles. The van der Waals surface area contributed by atoms with Gasteiger partial charge in [-0.15, -0.1) is 0 Å². The highest BCUT2D eigenvalue weighted by Gasteiger charge is 2.70. The summed E-state index contributed by atoms with van der Waals surface area (Å²) in [6.45, 7) is 30.2. The number of rotatable bonds is 59. The summed E-state index contributed by atoms with van der Waals surface area (Å²) in [6, 6.07) is 27.7. The van der Waals surface area contributed by atoms with Crippen molar-refractivity contribution in [1.82, 2.24) is 21.3 Å². The zero-order chi connectivity index (χ0) is 97.8. The number of ether oxygens (including phenoxy) is 1. The van der Waals surface area contributed by atoms with Gasteiger partial charge in [0.2, 0.25) is 23.6 Å². The van der Waals surface area contributed by atoms with Crippen molar-refractivity contribution in [2.45, 2.75) is 368 Å². The maximum atomic E-state index is 14.1. The molecule has 6 aliphatic carbocycles. The highest BCUT2D eigenvalue weighted by atomic mass is 16.7. The standard InChI is InChI=1S/C54H81BN4O9.C53H78BN3O9/c1-8-10-15-37-18-20-38(21-19-37)39-22-24-40(25-23-39)45(60)32-41(16-11-13-28-56)52(65)59-44(26-27-50(63)66-9-2)46(61)30-35(3)51(64)58-43(17-12-14-29-57)47(62)31-36(4)55-67-49-34-42-33-48(53(42,5)6)54(49,7)68-55;1-8-10-12-16-40(31-44(58)39-24-22-38(23-25-39)37-20-18-36(19-21-37)15-11-9-2)51(64)57-43(26-27-49(61)62)45(59)29-34(3)50(63)56-42(17-13-14-28-55)46(60)30-35(4)54-65-48-33-41-32-47(52(41,5)6)53(48,7)66-54/h18-25,35-36,41-44,48-49H,8-17,26-34,56-57H2,1-7H3,(H,58,64)(H,59,65);18-25,34-35,40-43,47-48H,8-17,26-33,55H2,1-7H3,(H,56,63)(H,57,64)(H,61,62)/t35-,36-,41-,42+,43+,44+,48+,49-,54+;34-,35-,40-,41+,42+,43+,47+,48-,53+/m11/s1. The number of carboxylic acid groups (broad SMARTS) is 1. The molecule has 4 bridgehead atoms. The Morgan fingerprint density at radius 1 is 0.403 bits per heavy atom. The van der Waals surface area contributed by atoms with Crippen LogP contribution < -0.4 is 38.5 Å². The number of Topliss-reactive ketones (excluding diaryl/α,β-unsaturated/α-hetero) is 6. The van der Waals surface area contributed by atoms with E-state index in [1.165, 1.54) is 11.1 Å². The summed E-state index contributed by atoms with van der Waals surface area (Å²) < 4.78 is 31.4. The Labute approximate surface area is 798 Å². The van der Waals surface area contributed by atoms with Crippen molar-refractivity contribution >= 4 is 84.5 Å². The molecule has 11 N–H and O–H groups in total. The van der Waals surface area contributed by atoms with Gasteiger partial charge in [0.25, 0.3) is 0 Å². The highest BCUT2D eigenvalue weighted by molar-refractivity contribution is 6.48. The van der Waals surface area contributed by atoms with Gasteiger partial charge in [-0.3, -0.25) is 57.5 Å². The number of ketones is 6. The topological polar surface area (TPSA) is 397 Å². The Morgan fingerprint density at radius 2 is 0.731 bits per heavy atom. The van der Waals surface area contributed by atoms with E-state index in [1.807, 2.05) is 45.0 Å². The molecule has 0 aromatic heterocycles. The van der Waals surface area contributed by atoms with E-state index in [0.717, 1.165) is 99.3 Å². The minimum Gasteiger partial charge on any atom is -0.481 e. The molecule has 4 amide bonds. The lowest BCUT2D eigenvalue weighted by Gasteiger charge is -2.64. The molecule has 8 aliphatic rings. The van der Waals surface area contributed by atoms with Crippen molar-refractivity contribution in [3.63, 3.8) is 0 Å².